The van der Waals surface area contributed by atoms with Crippen LogP contribution in [0, 0.1) is 5.82 Å². The zero-order valence-corrected chi connectivity index (χ0v) is 20.9. The van der Waals surface area contributed by atoms with Gasteiger partial charge in [0.2, 0.25) is 0 Å². The van der Waals surface area contributed by atoms with Crippen molar-refractivity contribution in [3.05, 3.63) is 94.1 Å². The van der Waals surface area contributed by atoms with Gasteiger partial charge in [-0.3, -0.25) is 4.79 Å². The number of hydrogen-bond acceptors (Lipinski definition) is 4. The Hall–Kier alpha value is -4.43. The monoisotopic (exact) mass is 515 g/mol. The Morgan fingerprint density at radius 2 is 1.73 bits per heavy atom. The molecule has 0 aliphatic heterocycles. The Balaban J connectivity index is 1.53. The number of nitrogens with zero attached hydrogens (tertiary/aromatic N) is 2. The molecule has 0 fully saturated rings. The van der Waals surface area contributed by atoms with E-state index in [0.717, 1.165) is 22.2 Å². The fourth-order valence-corrected chi connectivity index (χ4v) is 4.63. The van der Waals surface area contributed by atoms with Gasteiger partial charge in [-0.05, 0) is 36.6 Å². The minimum absolute atomic E-state index is 0.0522. The van der Waals surface area contributed by atoms with Gasteiger partial charge in [0, 0.05) is 47.8 Å². The minimum Gasteiger partial charge on any atom is -0.373 e. The maximum Gasteiger partial charge on any atom is 0.323 e. The summed E-state index contributed by atoms with van der Waals surface area (Å²) < 4.78 is 16.5. The summed E-state index contributed by atoms with van der Waals surface area (Å²) in [4.78, 5) is 30.6. The van der Waals surface area contributed by atoms with Crippen LogP contribution in [0.1, 0.15) is 6.92 Å². The van der Waals surface area contributed by atoms with Crippen molar-refractivity contribution in [3.8, 4) is 11.1 Å². The molecule has 0 atom stereocenters. The molecule has 9 heteroatoms. The number of aryl methyl sites for hydroxylation is 1. The molecule has 0 saturated carbocycles. The molecule has 2 amide bonds. The first-order valence-electron chi connectivity index (χ1n) is 11.7. The highest BCUT2D eigenvalue weighted by molar-refractivity contribution is 6.33. The summed E-state index contributed by atoms with van der Waals surface area (Å²) in [5, 5.41) is 10.9. The van der Waals surface area contributed by atoms with Crippen LogP contribution in [0.25, 0.3) is 32.8 Å². The first kappa shape index (κ1) is 24.3. The van der Waals surface area contributed by atoms with Crippen molar-refractivity contribution < 1.29 is 9.18 Å². The van der Waals surface area contributed by atoms with E-state index in [0.29, 0.717) is 29.1 Å². The number of carbonyl (C=O) groups is 1. The third-order valence-corrected chi connectivity index (χ3v) is 6.50. The number of rotatable bonds is 5. The maximum absolute atomic E-state index is 14.9. The molecule has 0 aliphatic rings. The number of anilines is 3. The first-order chi connectivity index (χ1) is 17.9. The molecule has 0 bridgehead atoms. The molecule has 2 aromatic heterocycles. The van der Waals surface area contributed by atoms with Crippen LogP contribution in [0.3, 0.4) is 0 Å². The molecule has 0 saturated heterocycles. The van der Waals surface area contributed by atoms with Gasteiger partial charge in [0.15, 0.2) is 0 Å². The van der Waals surface area contributed by atoms with Gasteiger partial charge in [-0.1, -0.05) is 48.0 Å². The predicted molar refractivity (Wildman–Crippen MR) is 148 cm³/mol. The number of nitrogens with one attached hydrogen (secondary N) is 3. The molecule has 0 spiro atoms. The standard InChI is InChI=1S/C28H23ClFN5O2/c1-3-35-25-14-26(31-2)32-15-17(25)11-20(27(35)36)19-12-24(22(30)13-21(19)29)34-28(37)33-23-10-6-8-16-7-4-5-9-18(16)23/h4-15H,3H2,1-2H3,(H,31,32)(H2,33,34,37). The molecule has 37 heavy (non-hydrogen) atoms. The normalized spacial score (nSPS) is 11.0. The van der Waals surface area contributed by atoms with Crippen LogP contribution in [0.4, 0.5) is 26.4 Å². The number of halogens is 2. The minimum atomic E-state index is -0.723. The Morgan fingerprint density at radius 1 is 0.973 bits per heavy atom. The zero-order valence-electron chi connectivity index (χ0n) is 20.1. The van der Waals surface area contributed by atoms with Crippen LogP contribution < -0.4 is 21.5 Å². The van der Waals surface area contributed by atoms with Gasteiger partial charge in [0.1, 0.15) is 11.6 Å². The van der Waals surface area contributed by atoms with Crippen LogP contribution in [0.2, 0.25) is 5.02 Å². The number of pyridine rings is 2. The van der Waals surface area contributed by atoms with Crippen LogP contribution in [-0.4, -0.2) is 22.6 Å². The number of benzene rings is 3. The SMILES string of the molecule is CCn1c(=O)c(-c2cc(NC(=O)Nc3cccc4ccccc34)c(F)cc2Cl)cc2cnc(NC)cc21. The van der Waals surface area contributed by atoms with Gasteiger partial charge in [-0.2, -0.15) is 0 Å². The van der Waals surface area contributed by atoms with E-state index >= 15 is 0 Å². The average molecular weight is 516 g/mol. The summed E-state index contributed by atoms with van der Waals surface area (Å²) in [6.45, 7) is 2.27. The fourth-order valence-electron chi connectivity index (χ4n) is 4.38. The largest absolute Gasteiger partial charge is 0.373 e. The second-order valence-corrected chi connectivity index (χ2v) is 8.81. The number of fused-ring (bicyclic) bond motifs is 2. The van der Waals surface area contributed by atoms with E-state index in [1.807, 2.05) is 43.3 Å². The molecule has 0 aliphatic carbocycles. The third kappa shape index (κ3) is 4.59. The zero-order chi connectivity index (χ0) is 26.1. The van der Waals surface area contributed by atoms with Gasteiger partial charge >= 0.3 is 6.03 Å². The first-order valence-corrected chi connectivity index (χ1v) is 12.0. The molecular weight excluding hydrogens is 493 g/mol. The fraction of sp³-hybridized carbons (Fsp3) is 0.107. The van der Waals surface area contributed by atoms with Crippen molar-refractivity contribution >= 4 is 56.5 Å². The smallest absolute Gasteiger partial charge is 0.323 e. The van der Waals surface area contributed by atoms with Crippen molar-refractivity contribution in [2.24, 2.45) is 0 Å². The van der Waals surface area contributed by atoms with Gasteiger partial charge < -0.3 is 20.5 Å². The van der Waals surface area contributed by atoms with Crippen molar-refractivity contribution in [1.82, 2.24) is 9.55 Å². The number of urea groups is 1. The molecule has 7 nitrogen and oxygen atoms in total. The predicted octanol–water partition coefficient (Wildman–Crippen LogP) is 6.71. The van der Waals surface area contributed by atoms with E-state index in [1.165, 1.54) is 6.07 Å². The summed E-state index contributed by atoms with van der Waals surface area (Å²) >= 11 is 6.39. The Bertz CT molecular complexity index is 1730. The van der Waals surface area contributed by atoms with Crippen LogP contribution in [0.15, 0.2) is 77.7 Å². The van der Waals surface area contributed by atoms with Crippen molar-refractivity contribution in [2.45, 2.75) is 13.5 Å². The van der Waals surface area contributed by atoms with Crippen LogP contribution >= 0.6 is 11.6 Å². The number of aromatic nitrogens is 2. The van der Waals surface area contributed by atoms with E-state index in [2.05, 4.69) is 20.9 Å². The highest BCUT2D eigenvalue weighted by atomic mass is 35.5. The molecule has 2 heterocycles. The number of hydrogen-bond donors (Lipinski definition) is 3. The van der Waals surface area contributed by atoms with E-state index in [-0.39, 0.29) is 21.8 Å². The van der Waals surface area contributed by atoms with Gasteiger partial charge in [-0.25, -0.2) is 14.2 Å². The van der Waals surface area contributed by atoms with Crippen LogP contribution in [-0.2, 0) is 6.54 Å². The van der Waals surface area contributed by atoms with Crippen molar-refractivity contribution in [2.75, 3.05) is 23.0 Å². The molecule has 0 radical (unpaired) electrons. The van der Waals surface area contributed by atoms with E-state index in [1.54, 1.807) is 36.0 Å². The summed E-state index contributed by atoms with van der Waals surface area (Å²) in [6, 6.07) is 18.4. The molecule has 3 N–H and O–H groups in total. The quantitative estimate of drug-likeness (QED) is 0.242. The van der Waals surface area contributed by atoms with E-state index < -0.39 is 11.8 Å². The Morgan fingerprint density at radius 3 is 2.51 bits per heavy atom. The third-order valence-electron chi connectivity index (χ3n) is 6.18. The molecule has 5 rings (SSSR count). The molecule has 3 aromatic carbocycles. The van der Waals surface area contributed by atoms with E-state index in [4.69, 9.17) is 11.6 Å². The average Bonchev–Trinajstić information content (AvgIpc) is 2.90. The lowest BCUT2D eigenvalue weighted by atomic mass is 10.0. The van der Waals surface area contributed by atoms with Gasteiger partial charge in [0.05, 0.1) is 21.9 Å². The van der Waals surface area contributed by atoms with E-state index in [9.17, 15) is 14.0 Å². The molecule has 0 unspecified atom stereocenters. The molecule has 5 aromatic rings. The summed E-state index contributed by atoms with van der Waals surface area (Å²) in [6.07, 6.45) is 1.66. The lowest BCUT2D eigenvalue weighted by molar-refractivity contribution is 0.262. The maximum atomic E-state index is 14.9. The number of amides is 2. The Kier molecular flexibility index (Phi) is 6.50. The number of carbonyl (C=O) groups excluding carboxylic acids is 1. The highest BCUT2D eigenvalue weighted by Gasteiger charge is 2.18. The second kappa shape index (κ2) is 9.91. The highest BCUT2D eigenvalue weighted by Crippen LogP contribution is 2.33. The summed E-state index contributed by atoms with van der Waals surface area (Å²) in [5.74, 6) is -0.0934. The van der Waals surface area contributed by atoms with Crippen molar-refractivity contribution in [3.63, 3.8) is 0 Å². The molecular formula is C28H23ClFN5O2. The summed E-state index contributed by atoms with van der Waals surface area (Å²) in [7, 11) is 1.75. The molecule has 186 valence electrons. The van der Waals surface area contributed by atoms with Crippen LogP contribution in [0.5, 0.6) is 0 Å². The van der Waals surface area contributed by atoms with Gasteiger partial charge in [-0.15, -0.1) is 0 Å². The van der Waals surface area contributed by atoms with Crippen molar-refractivity contribution in [1.29, 1.82) is 0 Å². The lowest BCUT2D eigenvalue weighted by Gasteiger charge is -2.15. The van der Waals surface area contributed by atoms with Gasteiger partial charge in [0.25, 0.3) is 5.56 Å². The summed E-state index contributed by atoms with van der Waals surface area (Å²) in [5.41, 5.74) is 1.47. The topological polar surface area (TPSA) is 88.1 Å². The lowest BCUT2D eigenvalue weighted by Crippen LogP contribution is -2.22. The Labute approximate surface area is 216 Å². The second-order valence-electron chi connectivity index (χ2n) is 8.40.